The molecule has 3 rings (SSSR count). The molecular weight excluding hydrogens is 437 g/mol. The molecule has 3 aromatic rings. The van der Waals surface area contributed by atoms with Crippen LogP contribution in [0.2, 0.25) is 10.0 Å². The maximum Gasteiger partial charge on any atom is 0.385 e. The second kappa shape index (κ2) is 9.25. The highest BCUT2D eigenvalue weighted by Crippen LogP contribution is 2.26. The summed E-state index contributed by atoms with van der Waals surface area (Å²) < 4.78 is 6.65. The normalized spacial score (nSPS) is 11.2. The number of aromatic nitrogens is 2. The summed E-state index contributed by atoms with van der Waals surface area (Å²) in [4.78, 5) is 27.3. The lowest BCUT2D eigenvalue weighted by Gasteiger charge is -2.06. The molecule has 10 nitrogen and oxygen atoms in total. The number of para-hydroxylation sites is 2. The van der Waals surface area contributed by atoms with Crippen LogP contribution in [0.5, 0.6) is 5.75 Å². The largest absolute Gasteiger partial charge is 0.464 e. The number of halogens is 2. The molecular formula is C18H13Cl2N5O5. The standard InChI is InChI=1S/C18H13Cl2N5O5/c19-11-5-6-12(13(20)9-11)17(21)23-30-18(26)14-7-8-24(22-14)10-29-16-4-2-1-3-15(16)25(27)28/h1-9H,10H2,(H2,21,23). The summed E-state index contributed by atoms with van der Waals surface area (Å²) in [5, 5.41) is 19.2. The van der Waals surface area contributed by atoms with E-state index in [2.05, 4.69) is 10.3 Å². The zero-order valence-electron chi connectivity index (χ0n) is 15.1. The molecule has 30 heavy (non-hydrogen) atoms. The van der Waals surface area contributed by atoms with Crippen LogP contribution >= 0.6 is 23.2 Å². The molecule has 154 valence electrons. The number of nitrogens with zero attached hydrogens (tertiary/aromatic N) is 4. The average Bonchev–Trinajstić information content (AvgIpc) is 3.19. The molecule has 0 amide bonds. The molecule has 0 saturated carbocycles. The van der Waals surface area contributed by atoms with Crippen LogP contribution < -0.4 is 10.5 Å². The van der Waals surface area contributed by atoms with Crippen LogP contribution in [0.3, 0.4) is 0 Å². The summed E-state index contributed by atoms with van der Waals surface area (Å²) in [7, 11) is 0. The van der Waals surface area contributed by atoms with E-state index in [9.17, 15) is 14.9 Å². The quantitative estimate of drug-likeness (QED) is 0.191. The van der Waals surface area contributed by atoms with Gasteiger partial charge in [-0.1, -0.05) is 40.5 Å². The second-order valence-electron chi connectivity index (χ2n) is 5.72. The van der Waals surface area contributed by atoms with Crippen LogP contribution in [0.25, 0.3) is 0 Å². The summed E-state index contributed by atoms with van der Waals surface area (Å²) in [6.45, 7) is -0.163. The van der Waals surface area contributed by atoms with Gasteiger partial charge in [-0.25, -0.2) is 9.48 Å². The zero-order chi connectivity index (χ0) is 21.7. The highest BCUT2D eigenvalue weighted by molar-refractivity contribution is 6.36. The van der Waals surface area contributed by atoms with Gasteiger partial charge < -0.3 is 15.3 Å². The number of hydrogen-bond donors (Lipinski definition) is 1. The van der Waals surface area contributed by atoms with Crippen molar-refractivity contribution in [2.75, 3.05) is 0 Å². The fourth-order valence-electron chi connectivity index (χ4n) is 2.29. The van der Waals surface area contributed by atoms with Crippen LogP contribution in [0, 0.1) is 10.1 Å². The van der Waals surface area contributed by atoms with Gasteiger partial charge in [-0.05, 0) is 30.3 Å². The van der Waals surface area contributed by atoms with E-state index in [1.807, 2.05) is 0 Å². The van der Waals surface area contributed by atoms with E-state index < -0.39 is 10.9 Å². The average molecular weight is 450 g/mol. The molecule has 0 bridgehead atoms. The molecule has 0 unspecified atom stereocenters. The van der Waals surface area contributed by atoms with Crippen molar-refractivity contribution in [2.24, 2.45) is 10.9 Å². The number of amidine groups is 1. The Hall–Kier alpha value is -3.63. The molecule has 0 saturated heterocycles. The number of oxime groups is 1. The number of rotatable bonds is 7. The maximum absolute atomic E-state index is 12.1. The third kappa shape index (κ3) is 5.04. The topological polar surface area (TPSA) is 135 Å². The number of carbonyl (C=O) groups excluding carboxylic acids is 1. The van der Waals surface area contributed by atoms with Crippen molar-refractivity contribution in [2.45, 2.75) is 6.73 Å². The molecule has 2 N–H and O–H groups in total. The van der Waals surface area contributed by atoms with E-state index in [0.29, 0.717) is 10.6 Å². The van der Waals surface area contributed by atoms with E-state index >= 15 is 0 Å². The number of carbonyl (C=O) groups is 1. The Morgan fingerprint density at radius 3 is 2.73 bits per heavy atom. The third-order valence-corrected chi connectivity index (χ3v) is 4.25. The van der Waals surface area contributed by atoms with Crippen molar-refractivity contribution in [3.05, 3.63) is 86.1 Å². The third-order valence-electron chi connectivity index (χ3n) is 3.70. The fourth-order valence-corrected chi connectivity index (χ4v) is 2.80. The van der Waals surface area contributed by atoms with E-state index in [1.165, 1.54) is 47.3 Å². The van der Waals surface area contributed by atoms with Gasteiger partial charge in [-0.2, -0.15) is 5.10 Å². The van der Waals surface area contributed by atoms with E-state index in [0.717, 1.165) is 0 Å². The maximum atomic E-state index is 12.1. The van der Waals surface area contributed by atoms with Gasteiger partial charge in [-0.3, -0.25) is 10.1 Å². The monoisotopic (exact) mass is 449 g/mol. The van der Waals surface area contributed by atoms with E-state index in [4.69, 9.17) is 38.5 Å². The molecule has 0 spiro atoms. The van der Waals surface area contributed by atoms with Crippen LogP contribution in [0.15, 0.2) is 59.9 Å². The molecule has 1 heterocycles. The first-order valence-corrected chi connectivity index (χ1v) is 9.00. The van der Waals surface area contributed by atoms with Gasteiger partial charge in [0.15, 0.2) is 24.0 Å². The number of hydrogen-bond acceptors (Lipinski definition) is 7. The van der Waals surface area contributed by atoms with Gasteiger partial charge in [0.2, 0.25) is 0 Å². The molecule has 0 atom stereocenters. The number of nitro groups is 1. The Balaban J connectivity index is 1.63. The molecule has 0 radical (unpaired) electrons. The van der Waals surface area contributed by atoms with Gasteiger partial charge in [-0.15, -0.1) is 0 Å². The highest BCUT2D eigenvalue weighted by atomic mass is 35.5. The number of ether oxygens (including phenoxy) is 1. The van der Waals surface area contributed by atoms with Gasteiger partial charge in [0.1, 0.15) is 0 Å². The number of nitrogens with two attached hydrogens (primary N) is 1. The first-order chi connectivity index (χ1) is 14.3. The molecule has 0 fully saturated rings. The lowest BCUT2D eigenvalue weighted by atomic mass is 10.2. The minimum absolute atomic E-state index is 0.0688. The Bertz CT molecular complexity index is 1130. The number of nitro benzene ring substituents is 1. The fraction of sp³-hybridized carbons (Fsp3) is 0.0556. The Kier molecular flexibility index (Phi) is 6.50. The van der Waals surface area contributed by atoms with Gasteiger partial charge in [0.05, 0.1) is 9.95 Å². The lowest BCUT2D eigenvalue weighted by Crippen LogP contribution is -2.16. The SMILES string of the molecule is N/C(=N\OC(=O)c1ccn(COc2ccccc2[N+](=O)[O-])n1)c1ccc(Cl)cc1Cl. The number of benzene rings is 2. The molecule has 12 heteroatoms. The van der Waals surface area contributed by atoms with Crippen LogP contribution in [0.1, 0.15) is 16.1 Å². The molecule has 2 aromatic carbocycles. The van der Waals surface area contributed by atoms with Crippen molar-refractivity contribution in [3.8, 4) is 5.75 Å². The summed E-state index contributed by atoms with van der Waals surface area (Å²) in [6, 6.07) is 11.8. The molecule has 0 aliphatic rings. The summed E-state index contributed by atoms with van der Waals surface area (Å²) in [6.07, 6.45) is 1.44. The Morgan fingerprint density at radius 2 is 2.00 bits per heavy atom. The highest BCUT2D eigenvalue weighted by Gasteiger charge is 2.16. The summed E-state index contributed by atoms with van der Waals surface area (Å²) in [5.41, 5.74) is 5.86. The zero-order valence-corrected chi connectivity index (χ0v) is 16.6. The van der Waals surface area contributed by atoms with Gasteiger partial charge >= 0.3 is 11.7 Å². The summed E-state index contributed by atoms with van der Waals surface area (Å²) >= 11 is 11.8. The van der Waals surface area contributed by atoms with Crippen molar-refractivity contribution in [1.29, 1.82) is 0 Å². The van der Waals surface area contributed by atoms with Crippen molar-refractivity contribution in [3.63, 3.8) is 0 Å². The van der Waals surface area contributed by atoms with Crippen molar-refractivity contribution in [1.82, 2.24) is 9.78 Å². The first kappa shape index (κ1) is 21.1. The smallest absolute Gasteiger partial charge is 0.385 e. The van der Waals surface area contributed by atoms with Crippen LogP contribution in [-0.4, -0.2) is 26.5 Å². The Morgan fingerprint density at radius 1 is 1.23 bits per heavy atom. The van der Waals surface area contributed by atoms with Crippen LogP contribution in [0.4, 0.5) is 5.69 Å². The molecule has 1 aromatic heterocycles. The minimum Gasteiger partial charge on any atom is -0.464 e. The Labute approximate surface area is 179 Å². The summed E-state index contributed by atoms with van der Waals surface area (Å²) in [5.74, 6) is -0.920. The molecule has 0 aliphatic carbocycles. The second-order valence-corrected chi connectivity index (χ2v) is 6.56. The van der Waals surface area contributed by atoms with Crippen molar-refractivity contribution < 1.29 is 19.3 Å². The molecule has 0 aliphatic heterocycles. The first-order valence-electron chi connectivity index (χ1n) is 8.25. The predicted molar refractivity (Wildman–Crippen MR) is 109 cm³/mol. The van der Waals surface area contributed by atoms with E-state index in [-0.39, 0.29) is 34.7 Å². The van der Waals surface area contributed by atoms with E-state index in [1.54, 1.807) is 12.1 Å². The lowest BCUT2D eigenvalue weighted by molar-refractivity contribution is -0.386. The van der Waals surface area contributed by atoms with Crippen LogP contribution in [-0.2, 0) is 11.6 Å². The van der Waals surface area contributed by atoms with Gasteiger partial charge in [0, 0.05) is 22.8 Å². The van der Waals surface area contributed by atoms with Crippen molar-refractivity contribution >= 4 is 40.7 Å². The minimum atomic E-state index is -0.868. The predicted octanol–water partition coefficient (Wildman–Crippen LogP) is 3.61. The van der Waals surface area contributed by atoms with Gasteiger partial charge in [0.25, 0.3) is 0 Å².